The second kappa shape index (κ2) is 8.51. The summed E-state index contributed by atoms with van der Waals surface area (Å²) in [5.41, 5.74) is 2.17. The number of carbonyl (C=O) groups is 1. The molecule has 6 nitrogen and oxygen atoms in total. The Kier molecular flexibility index (Phi) is 6.27. The third-order valence-electron chi connectivity index (χ3n) is 4.90. The molecular weight excluding hydrogens is 400 g/mol. The van der Waals surface area contributed by atoms with E-state index >= 15 is 0 Å². The number of para-hydroxylation sites is 1. The summed E-state index contributed by atoms with van der Waals surface area (Å²) in [6, 6.07) is 12.1. The molecule has 0 saturated carbocycles. The lowest BCUT2D eigenvalue weighted by molar-refractivity contribution is -0.140. The van der Waals surface area contributed by atoms with E-state index in [-0.39, 0.29) is 16.9 Å². The second-order valence-electron chi connectivity index (χ2n) is 6.63. The number of rotatable bonds is 6. The van der Waals surface area contributed by atoms with Gasteiger partial charge in [0.1, 0.15) is 0 Å². The van der Waals surface area contributed by atoms with Crippen molar-refractivity contribution >= 4 is 33.3 Å². The number of anilines is 1. The molecule has 2 aromatic carbocycles. The van der Waals surface area contributed by atoms with Crippen LogP contribution in [-0.4, -0.2) is 35.1 Å². The van der Waals surface area contributed by atoms with Gasteiger partial charge in [-0.05, 0) is 48.7 Å². The number of hydrogen-bond donors (Lipinski definition) is 1. The Balaban J connectivity index is 1.95. The lowest BCUT2D eigenvalue weighted by Gasteiger charge is -2.22. The zero-order valence-electron chi connectivity index (χ0n) is 15.8. The van der Waals surface area contributed by atoms with Gasteiger partial charge in [-0.15, -0.1) is 0 Å². The van der Waals surface area contributed by atoms with Crippen molar-refractivity contribution in [2.45, 2.75) is 30.2 Å². The quantitative estimate of drug-likeness (QED) is 0.569. The molecule has 1 aliphatic heterocycles. The zero-order chi connectivity index (χ0) is 20.3. The minimum atomic E-state index is -3.73. The fourth-order valence-corrected chi connectivity index (χ4v) is 5.11. The van der Waals surface area contributed by atoms with Crippen LogP contribution < -0.4 is 9.62 Å². The highest BCUT2D eigenvalue weighted by Gasteiger charge is 2.34. The average molecular weight is 423 g/mol. The maximum Gasteiger partial charge on any atom is 0.305 e. The average Bonchev–Trinajstić information content (AvgIpc) is 2.75. The molecule has 0 aromatic heterocycles. The molecule has 0 amide bonds. The molecule has 0 radical (unpaired) electrons. The number of benzene rings is 2. The highest BCUT2D eigenvalue weighted by atomic mass is 35.5. The summed E-state index contributed by atoms with van der Waals surface area (Å²) >= 11 is 6.11. The van der Waals surface area contributed by atoms with E-state index in [1.54, 1.807) is 25.2 Å². The normalized spacial score (nSPS) is 17.4. The number of halogens is 1. The molecule has 0 saturated heterocycles. The first-order valence-electron chi connectivity index (χ1n) is 9.03. The smallest absolute Gasteiger partial charge is 0.305 e. The van der Waals surface area contributed by atoms with Crippen LogP contribution in [0, 0.1) is 0 Å². The lowest BCUT2D eigenvalue weighted by Crippen LogP contribution is -2.26. The van der Waals surface area contributed by atoms with E-state index in [0.29, 0.717) is 35.7 Å². The summed E-state index contributed by atoms with van der Waals surface area (Å²) in [4.78, 5) is 11.5. The fraction of sp³-hybridized carbons (Fsp3) is 0.350. The minimum absolute atomic E-state index is 0.200. The van der Waals surface area contributed by atoms with E-state index in [9.17, 15) is 13.2 Å². The van der Waals surface area contributed by atoms with Crippen molar-refractivity contribution in [1.29, 1.82) is 0 Å². The molecule has 1 atom stereocenters. The van der Waals surface area contributed by atoms with Gasteiger partial charge in [-0.1, -0.05) is 35.9 Å². The standard InChI is InChI=1S/C20H23ClN2O4S/c1-23-17-8-4-3-7-15(17)20(22-12-6-5-9-19(24)27-2)16-11-10-14(21)13-18(16)28(23,25)26/h3-4,7-8,10-11,13,20,22H,5-6,9,12H2,1-2H3/t20-/m1/s1. The summed E-state index contributed by atoms with van der Waals surface area (Å²) in [5, 5.41) is 3.83. The molecule has 0 unspecified atom stereocenters. The van der Waals surface area contributed by atoms with E-state index in [0.717, 1.165) is 12.0 Å². The van der Waals surface area contributed by atoms with Gasteiger partial charge in [0.2, 0.25) is 0 Å². The van der Waals surface area contributed by atoms with Crippen LogP contribution in [-0.2, 0) is 19.6 Å². The van der Waals surface area contributed by atoms with Crippen LogP contribution in [0.1, 0.15) is 36.4 Å². The predicted octanol–water partition coefficient (Wildman–Crippen LogP) is 3.50. The molecule has 0 bridgehead atoms. The Morgan fingerprint density at radius 1 is 1.18 bits per heavy atom. The van der Waals surface area contributed by atoms with Crippen LogP contribution in [0.25, 0.3) is 0 Å². The van der Waals surface area contributed by atoms with E-state index < -0.39 is 10.0 Å². The van der Waals surface area contributed by atoms with Crippen molar-refractivity contribution in [2.24, 2.45) is 0 Å². The Labute approximate surface area is 170 Å². The first-order valence-corrected chi connectivity index (χ1v) is 10.9. The number of carbonyl (C=O) groups excluding carboxylic acids is 1. The van der Waals surface area contributed by atoms with E-state index in [4.69, 9.17) is 11.6 Å². The highest BCUT2D eigenvalue weighted by Crippen LogP contribution is 2.40. The van der Waals surface area contributed by atoms with Gasteiger partial charge >= 0.3 is 5.97 Å². The van der Waals surface area contributed by atoms with Crippen LogP contribution in [0.4, 0.5) is 5.69 Å². The van der Waals surface area contributed by atoms with Gasteiger partial charge in [0, 0.05) is 18.5 Å². The SMILES string of the molecule is COC(=O)CCCCN[C@@H]1c2ccccc2N(C)S(=O)(=O)c2cc(Cl)ccc21. The summed E-state index contributed by atoms with van der Waals surface area (Å²) < 4.78 is 32.3. The topological polar surface area (TPSA) is 75.7 Å². The number of nitrogens with one attached hydrogen (secondary N) is 1. The van der Waals surface area contributed by atoms with Gasteiger partial charge in [-0.25, -0.2) is 8.42 Å². The molecule has 1 heterocycles. The van der Waals surface area contributed by atoms with Crippen molar-refractivity contribution in [2.75, 3.05) is 25.0 Å². The molecule has 28 heavy (non-hydrogen) atoms. The summed E-state index contributed by atoms with van der Waals surface area (Å²) in [6.07, 6.45) is 1.82. The number of ether oxygens (including phenoxy) is 1. The molecule has 1 N–H and O–H groups in total. The van der Waals surface area contributed by atoms with E-state index in [1.807, 2.05) is 18.2 Å². The minimum Gasteiger partial charge on any atom is -0.469 e. The molecular formula is C20H23ClN2O4S. The Bertz CT molecular complexity index is 978. The molecule has 1 aliphatic rings. The van der Waals surface area contributed by atoms with Crippen molar-refractivity contribution in [3.63, 3.8) is 0 Å². The predicted molar refractivity (Wildman–Crippen MR) is 109 cm³/mol. The monoisotopic (exact) mass is 422 g/mol. The molecule has 0 spiro atoms. The van der Waals surface area contributed by atoms with Crippen molar-refractivity contribution in [3.8, 4) is 0 Å². The van der Waals surface area contributed by atoms with E-state index in [1.165, 1.54) is 17.5 Å². The Morgan fingerprint density at radius 2 is 1.93 bits per heavy atom. The summed E-state index contributed by atoms with van der Waals surface area (Å²) in [7, 11) is -0.798. The number of nitrogens with zero attached hydrogens (tertiary/aromatic N) is 1. The van der Waals surface area contributed by atoms with Gasteiger partial charge in [0.15, 0.2) is 0 Å². The second-order valence-corrected chi connectivity index (χ2v) is 9.01. The summed E-state index contributed by atoms with van der Waals surface area (Å²) in [5.74, 6) is -0.229. The fourth-order valence-electron chi connectivity index (χ4n) is 3.40. The third kappa shape index (κ3) is 4.01. The lowest BCUT2D eigenvalue weighted by atomic mass is 9.96. The molecule has 3 rings (SSSR count). The van der Waals surface area contributed by atoms with Crippen molar-refractivity contribution < 1.29 is 17.9 Å². The van der Waals surface area contributed by atoms with Gasteiger partial charge in [-0.2, -0.15) is 0 Å². The van der Waals surface area contributed by atoms with Crippen LogP contribution in [0.2, 0.25) is 5.02 Å². The first-order chi connectivity index (χ1) is 13.4. The van der Waals surface area contributed by atoms with E-state index in [2.05, 4.69) is 10.1 Å². The van der Waals surface area contributed by atoms with Gasteiger partial charge in [-0.3, -0.25) is 9.10 Å². The van der Waals surface area contributed by atoms with Crippen LogP contribution in [0.15, 0.2) is 47.4 Å². The van der Waals surface area contributed by atoms with Gasteiger partial charge < -0.3 is 10.1 Å². The number of hydrogen-bond acceptors (Lipinski definition) is 5. The summed E-state index contributed by atoms with van der Waals surface area (Å²) in [6.45, 7) is 0.627. The number of sulfonamides is 1. The van der Waals surface area contributed by atoms with Gasteiger partial charge in [0.05, 0.1) is 23.7 Å². The van der Waals surface area contributed by atoms with Crippen molar-refractivity contribution in [1.82, 2.24) is 5.32 Å². The number of unbranched alkanes of at least 4 members (excludes halogenated alkanes) is 1. The number of methoxy groups -OCH3 is 1. The van der Waals surface area contributed by atoms with Crippen LogP contribution in [0.3, 0.4) is 0 Å². The molecule has 0 fully saturated rings. The van der Waals surface area contributed by atoms with Crippen LogP contribution in [0.5, 0.6) is 0 Å². The van der Waals surface area contributed by atoms with Crippen molar-refractivity contribution in [3.05, 3.63) is 58.6 Å². The zero-order valence-corrected chi connectivity index (χ0v) is 17.4. The number of esters is 1. The Hall–Kier alpha value is -2.09. The highest BCUT2D eigenvalue weighted by molar-refractivity contribution is 7.92. The third-order valence-corrected chi connectivity index (χ3v) is 6.96. The molecule has 150 valence electrons. The van der Waals surface area contributed by atoms with Gasteiger partial charge in [0.25, 0.3) is 10.0 Å². The Morgan fingerprint density at radius 3 is 2.68 bits per heavy atom. The molecule has 0 aliphatic carbocycles. The maximum absolute atomic E-state index is 13.2. The maximum atomic E-state index is 13.2. The number of fused-ring (bicyclic) bond motifs is 2. The largest absolute Gasteiger partial charge is 0.469 e. The first kappa shape index (κ1) is 20.6. The molecule has 2 aromatic rings. The van der Waals surface area contributed by atoms with Crippen LogP contribution >= 0.6 is 11.6 Å². The molecule has 8 heteroatoms.